The van der Waals surface area contributed by atoms with Crippen molar-refractivity contribution >= 4 is 20.0 Å². The van der Waals surface area contributed by atoms with Crippen LogP contribution in [0.1, 0.15) is 26.2 Å². The molecule has 156 valence electrons. The van der Waals surface area contributed by atoms with Crippen LogP contribution < -0.4 is 0 Å². The quantitative estimate of drug-likeness (QED) is 0.131. The van der Waals surface area contributed by atoms with Crippen LogP contribution in [0.2, 0.25) is 0 Å². The Bertz CT molecular complexity index is 521. The fourth-order valence-corrected chi connectivity index (χ4v) is 2.40. The standard InChI is InChI=1S/C17H30NO8P/c1-3-4-5-7-10-18-11-13-25-27(21,22)26-15-16(14-19)24-12-8-6-9-17(20)23-2/h3-5,7,10,16,19H,6,8-9,11-15H2,1-2H3,(H,21,22)/b4-3-,7-5-,18-10?. The van der Waals surface area contributed by atoms with Crippen LogP contribution >= 0.6 is 7.82 Å². The van der Waals surface area contributed by atoms with Gasteiger partial charge in [-0.1, -0.05) is 18.2 Å². The first-order chi connectivity index (χ1) is 12.9. The van der Waals surface area contributed by atoms with Gasteiger partial charge in [-0.3, -0.25) is 18.8 Å². The Balaban J connectivity index is 3.93. The normalized spacial score (nSPS) is 15.6. The first kappa shape index (κ1) is 25.6. The topological polar surface area (TPSA) is 124 Å². The summed E-state index contributed by atoms with van der Waals surface area (Å²) in [6.07, 6.45) is 9.49. The highest BCUT2D eigenvalue weighted by Gasteiger charge is 2.23. The van der Waals surface area contributed by atoms with Gasteiger partial charge in [-0.25, -0.2) is 4.57 Å². The number of nitrogens with zero attached hydrogens (tertiary/aromatic N) is 1. The molecule has 10 heteroatoms. The summed E-state index contributed by atoms with van der Waals surface area (Å²) in [5, 5.41) is 9.22. The molecule has 0 aliphatic rings. The molecule has 2 N–H and O–H groups in total. The molecule has 0 saturated heterocycles. The molecule has 0 fully saturated rings. The molecule has 0 aromatic rings. The van der Waals surface area contributed by atoms with E-state index in [4.69, 9.17) is 13.8 Å². The average molecular weight is 407 g/mol. The molecule has 9 nitrogen and oxygen atoms in total. The third-order valence-electron chi connectivity index (χ3n) is 3.06. The number of aliphatic imine (C=N–C) groups is 1. The number of phosphoric ester groups is 1. The number of rotatable bonds is 16. The maximum Gasteiger partial charge on any atom is 0.472 e. The Morgan fingerprint density at radius 1 is 1.19 bits per heavy atom. The molecule has 0 bridgehead atoms. The van der Waals surface area contributed by atoms with E-state index >= 15 is 0 Å². The molecule has 0 aromatic heterocycles. The molecule has 0 spiro atoms. The molecule has 0 rings (SSSR count). The highest BCUT2D eigenvalue weighted by Crippen LogP contribution is 2.43. The van der Waals surface area contributed by atoms with Crippen molar-refractivity contribution in [1.82, 2.24) is 0 Å². The number of carbonyl (C=O) groups excluding carboxylic acids is 1. The minimum absolute atomic E-state index is 0.0834. The van der Waals surface area contributed by atoms with Gasteiger partial charge in [0.1, 0.15) is 6.10 Å². The molecule has 0 heterocycles. The van der Waals surface area contributed by atoms with Crippen molar-refractivity contribution in [3.63, 3.8) is 0 Å². The number of hydrogen-bond acceptors (Lipinski definition) is 8. The van der Waals surface area contributed by atoms with E-state index < -0.39 is 13.9 Å². The van der Waals surface area contributed by atoms with E-state index in [2.05, 4.69) is 9.73 Å². The smallest absolute Gasteiger partial charge is 0.469 e. The SMILES string of the molecule is C/C=C\C=C/C=NCCOP(=O)(O)OCC(CO)OCCCCC(=O)OC. The number of phosphoric acid groups is 1. The second-order valence-electron chi connectivity index (χ2n) is 5.27. The summed E-state index contributed by atoms with van der Waals surface area (Å²) in [5.41, 5.74) is 0. The summed E-state index contributed by atoms with van der Waals surface area (Å²) in [6.45, 7) is 1.62. The fraction of sp³-hybridized carbons (Fsp3) is 0.647. The first-order valence-corrected chi connectivity index (χ1v) is 10.1. The van der Waals surface area contributed by atoms with Gasteiger partial charge in [0.25, 0.3) is 0 Å². The highest BCUT2D eigenvalue weighted by atomic mass is 31.2. The summed E-state index contributed by atoms with van der Waals surface area (Å²) in [5.74, 6) is -0.298. The molecule has 0 aromatic carbocycles. The van der Waals surface area contributed by atoms with Crippen molar-refractivity contribution in [2.45, 2.75) is 32.3 Å². The zero-order chi connectivity index (χ0) is 20.4. The average Bonchev–Trinajstić information content (AvgIpc) is 2.65. The van der Waals surface area contributed by atoms with Crippen LogP contribution in [-0.4, -0.2) is 68.4 Å². The molecule has 0 aliphatic carbocycles. The Morgan fingerprint density at radius 3 is 2.63 bits per heavy atom. The third kappa shape index (κ3) is 16.5. The number of ether oxygens (including phenoxy) is 2. The van der Waals surface area contributed by atoms with E-state index in [1.165, 1.54) is 7.11 Å². The number of aliphatic hydroxyl groups is 1. The van der Waals surface area contributed by atoms with E-state index in [1.54, 1.807) is 18.4 Å². The zero-order valence-corrected chi connectivity index (χ0v) is 16.8. The monoisotopic (exact) mass is 407 g/mol. The van der Waals surface area contributed by atoms with Crippen LogP contribution in [0.25, 0.3) is 0 Å². The summed E-state index contributed by atoms with van der Waals surface area (Å²) >= 11 is 0. The van der Waals surface area contributed by atoms with Crippen molar-refractivity contribution in [2.75, 3.05) is 40.1 Å². The second-order valence-corrected chi connectivity index (χ2v) is 6.73. The molecule has 0 aliphatic heterocycles. The van der Waals surface area contributed by atoms with Gasteiger partial charge in [0.05, 0.1) is 33.5 Å². The minimum atomic E-state index is -4.24. The number of methoxy groups -OCH3 is 1. The zero-order valence-electron chi connectivity index (χ0n) is 15.9. The van der Waals surface area contributed by atoms with E-state index in [0.29, 0.717) is 12.8 Å². The second kappa shape index (κ2) is 16.8. The molecule has 27 heavy (non-hydrogen) atoms. The number of hydrogen-bond donors (Lipinski definition) is 2. The molecular weight excluding hydrogens is 377 g/mol. The Labute approximate surface area is 160 Å². The van der Waals surface area contributed by atoms with Crippen LogP contribution in [-0.2, 0) is 27.9 Å². The van der Waals surface area contributed by atoms with Crippen molar-refractivity contribution in [1.29, 1.82) is 0 Å². The Morgan fingerprint density at radius 2 is 1.96 bits per heavy atom. The lowest BCUT2D eigenvalue weighted by molar-refractivity contribution is -0.140. The molecule has 0 saturated carbocycles. The number of unbranched alkanes of at least 4 members (excludes halogenated alkanes) is 1. The molecule has 0 radical (unpaired) electrons. The van der Waals surface area contributed by atoms with E-state index in [1.807, 2.05) is 19.1 Å². The van der Waals surface area contributed by atoms with Crippen LogP contribution in [0.5, 0.6) is 0 Å². The lowest BCUT2D eigenvalue weighted by Crippen LogP contribution is -2.24. The van der Waals surface area contributed by atoms with Gasteiger partial charge in [0.15, 0.2) is 0 Å². The van der Waals surface area contributed by atoms with Gasteiger partial charge in [0, 0.05) is 19.2 Å². The van der Waals surface area contributed by atoms with Crippen LogP contribution in [0.4, 0.5) is 0 Å². The van der Waals surface area contributed by atoms with Gasteiger partial charge in [-0.15, -0.1) is 0 Å². The van der Waals surface area contributed by atoms with Crippen LogP contribution in [0, 0.1) is 0 Å². The van der Waals surface area contributed by atoms with E-state index in [-0.39, 0.29) is 45.4 Å². The van der Waals surface area contributed by atoms with Crippen molar-refractivity contribution < 1.29 is 37.9 Å². The molecule has 2 unspecified atom stereocenters. The first-order valence-electron chi connectivity index (χ1n) is 8.64. The van der Waals surface area contributed by atoms with Crippen molar-refractivity contribution in [3.8, 4) is 0 Å². The highest BCUT2D eigenvalue weighted by molar-refractivity contribution is 7.47. The fourth-order valence-electron chi connectivity index (χ4n) is 1.66. The van der Waals surface area contributed by atoms with Gasteiger partial charge in [-0.2, -0.15) is 0 Å². The largest absolute Gasteiger partial charge is 0.472 e. The van der Waals surface area contributed by atoms with E-state index in [0.717, 1.165) is 0 Å². The lowest BCUT2D eigenvalue weighted by Gasteiger charge is -2.17. The Hall–Kier alpha value is -1.35. The summed E-state index contributed by atoms with van der Waals surface area (Å²) < 4.78 is 31.2. The maximum absolute atomic E-state index is 11.7. The lowest BCUT2D eigenvalue weighted by atomic mass is 10.2. The minimum Gasteiger partial charge on any atom is -0.469 e. The third-order valence-corrected chi connectivity index (χ3v) is 4.05. The predicted molar refractivity (Wildman–Crippen MR) is 102 cm³/mol. The molecular formula is C17H30NO8P. The van der Waals surface area contributed by atoms with Gasteiger partial charge < -0.3 is 19.5 Å². The van der Waals surface area contributed by atoms with Gasteiger partial charge in [0.2, 0.25) is 0 Å². The van der Waals surface area contributed by atoms with Crippen molar-refractivity contribution in [2.24, 2.45) is 4.99 Å². The molecule has 2 atom stereocenters. The van der Waals surface area contributed by atoms with Crippen LogP contribution in [0.3, 0.4) is 0 Å². The number of esters is 1. The predicted octanol–water partition coefficient (Wildman–Crippen LogP) is 2.04. The Kier molecular flexibility index (Phi) is 16.0. The van der Waals surface area contributed by atoms with Crippen molar-refractivity contribution in [3.05, 3.63) is 24.3 Å². The number of aliphatic hydroxyl groups excluding tert-OH is 1. The number of carbonyl (C=O) groups is 1. The summed E-state index contributed by atoms with van der Waals surface area (Å²) in [4.78, 5) is 24.5. The van der Waals surface area contributed by atoms with E-state index in [9.17, 15) is 19.4 Å². The number of allylic oxidation sites excluding steroid dienone is 4. The van der Waals surface area contributed by atoms with Gasteiger partial charge >= 0.3 is 13.8 Å². The van der Waals surface area contributed by atoms with Gasteiger partial charge in [-0.05, 0) is 25.8 Å². The summed E-state index contributed by atoms with van der Waals surface area (Å²) in [6, 6.07) is 0. The molecule has 0 amide bonds. The summed E-state index contributed by atoms with van der Waals surface area (Å²) in [7, 11) is -2.92. The van der Waals surface area contributed by atoms with Crippen LogP contribution in [0.15, 0.2) is 29.3 Å². The maximum atomic E-state index is 11.7.